The van der Waals surface area contributed by atoms with Crippen LogP contribution in [0.3, 0.4) is 0 Å². The number of hydrogen-bond acceptors (Lipinski definition) is 2. The van der Waals surface area contributed by atoms with Crippen molar-refractivity contribution >= 4 is 17.3 Å². The number of aromatic nitrogens is 1. The number of halogens is 1. The van der Waals surface area contributed by atoms with E-state index in [2.05, 4.69) is 4.98 Å². The van der Waals surface area contributed by atoms with E-state index >= 15 is 0 Å². The van der Waals surface area contributed by atoms with Gasteiger partial charge in [-0.1, -0.05) is 25.4 Å². The van der Waals surface area contributed by atoms with Crippen molar-refractivity contribution in [1.29, 1.82) is 5.41 Å². The van der Waals surface area contributed by atoms with Crippen molar-refractivity contribution in [2.45, 2.75) is 20.8 Å². The normalized spacial score (nSPS) is 10.5. The molecule has 2 nitrogen and oxygen atoms in total. The molecule has 1 rings (SSSR count). The molecule has 0 aliphatic heterocycles. The minimum atomic E-state index is 0.224. The highest BCUT2D eigenvalue weighted by Crippen LogP contribution is 2.15. The van der Waals surface area contributed by atoms with Gasteiger partial charge in [0, 0.05) is 17.5 Å². The second-order valence-electron chi connectivity index (χ2n) is 3.39. The molecule has 0 aromatic carbocycles. The molecule has 1 heterocycles. The third-order valence-electron chi connectivity index (χ3n) is 1.94. The van der Waals surface area contributed by atoms with E-state index in [0.717, 1.165) is 11.1 Å². The Morgan fingerprint density at radius 3 is 2.62 bits per heavy atom. The van der Waals surface area contributed by atoms with Crippen molar-refractivity contribution in [2.24, 2.45) is 5.92 Å². The van der Waals surface area contributed by atoms with Crippen LogP contribution < -0.4 is 0 Å². The Morgan fingerprint density at radius 2 is 2.15 bits per heavy atom. The first-order chi connectivity index (χ1) is 6.02. The summed E-state index contributed by atoms with van der Waals surface area (Å²) in [5.74, 6) is 0.224. The molecule has 0 amide bonds. The van der Waals surface area contributed by atoms with Crippen molar-refractivity contribution in [3.8, 4) is 0 Å². The summed E-state index contributed by atoms with van der Waals surface area (Å²) < 4.78 is 0. The molecule has 1 aromatic heterocycles. The third-order valence-corrected chi connectivity index (χ3v) is 2.15. The van der Waals surface area contributed by atoms with Crippen LogP contribution in [0.15, 0.2) is 12.3 Å². The zero-order valence-electron chi connectivity index (χ0n) is 8.06. The third kappa shape index (κ3) is 2.28. The predicted octanol–water partition coefficient (Wildman–Crippen LogP) is 3.07. The molecule has 0 saturated heterocycles. The largest absolute Gasteiger partial charge is 0.304 e. The SMILES string of the molecule is Cc1cc(Cl)ncc1C(=N)C(C)C. The van der Waals surface area contributed by atoms with Crippen LogP contribution in [0.25, 0.3) is 0 Å². The molecular formula is C10H13ClN2. The summed E-state index contributed by atoms with van der Waals surface area (Å²) in [6.45, 7) is 5.94. The van der Waals surface area contributed by atoms with E-state index < -0.39 is 0 Å². The summed E-state index contributed by atoms with van der Waals surface area (Å²) >= 11 is 5.72. The lowest BCUT2D eigenvalue weighted by atomic mass is 9.98. The molecule has 0 atom stereocenters. The van der Waals surface area contributed by atoms with Crippen molar-refractivity contribution in [3.05, 3.63) is 28.5 Å². The number of rotatable bonds is 2. The van der Waals surface area contributed by atoms with Crippen LogP contribution in [0.2, 0.25) is 5.15 Å². The van der Waals surface area contributed by atoms with E-state index in [1.54, 1.807) is 12.3 Å². The highest BCUT2D eigenvalue weighted by Gasteiger charge is 2.09. The van der Waals surface area contributed by atoms with Gasteiger partial charge < -0.3 is 5.41 Å². The average Bonchev–Trinajstić information content (AvgIpc) is 2.03. The summed E-state index contributed by atoms with van der Waals surface area (Å²) in [5.41, 5.74) is 2.51. The Morgan fingerprint density at radius 1 is 1.54 bits per heavy atom. The maximum Gasteiger partial charge on any atom is 0.129 e. The summed E-state index contributed by atoms with van der Waals surface area (Å²) in [5, 5.41) is 8.30. The van der Waals surface area contributed by atoms with E-state index in [9.17, 15) is 0 Å². The van der Waals surface area contributed by atoms with Crippen LogP contribution in [0.5, 0.6) is 0 Å². The van der Waals surface area contributed by atoms with Gasteiger partial charge in [-0.3, -0.25) is 0 Å². The van der Waals surface area contributed by atoms with Crippen molar-refractivity contribution in [2.75, 3.05) is 0 Å². The molecule has 0 radical (unpaired) electrons. The van der Waals surface area contributed by atoms with Gasteiger partial charge in [0.2, 0.25) is 0 Å². The lowest BCUT2D eigenvalue weighted by Gasteiger charge is -2.09. The molecule has 0 fully saturated rings. The van der Waals surface area contributed by atoms with Crippen LogP contribution >= 0.6 is 11.6 Å². The Balaban J connectivity index is 3.09. The van der Waals surface area contributed by atoms with Gasteiger partial charge in [-0.15, -0.1) is 0 Å². The van der Waals surface area contributed by atoms with Crippen molar-refractivity contribution in [1.82, 2.24) is 4.98 Å². The van der Waals surface area contributed by atoms with Gasteiger partial charge in [-0.05, 0) is 24.5 Å². The summed E-state index contributed by atoms with van der Waals surface area (Å²) in [6, 6.07) is 1.79. The Hall–Kier alpha value is -0.890. The first kappa shape index (κ1) is 10.2. The average molecular weight is 197 g/mol. The van der Waals surface area contributed by atoms with E-state index in [4.69, 9.17) is 17.0 Å². The molecular weight excluding hydrogens is 184 g/mol. The van der Waals surface area contributed by atoms with Crippen molar-refractivity contribution < 1.29 is 0 Å². The number of nitrogens with one attached hydrogen (secondary N) is 1. The first-order valence-corrected chi connectivity index (χ1v) is 4.61. The molecule has 0 spiro atoms. The van der Waals surface area contributed by atoms with Gasteiger partial charge in [0.1, 0.15) is 5.15 Å². The maximum absolute atomic E-state index is 7.81. The molecule has 70 valence electrons. The molecule has 0 aliphatic rings. The fourth-order valence-electron chi connectivity index (χ4n) is 1.11. The summed E-state index contributed by atoms with van der Waals surface area (Å²) in [6.07, 6.45) is 1.67. The van der Waals surface area contributed by atoms with Gasteiger partial charge in [0.05, 0.1) is 0 Å². The van der Waals surface area contributed by atoms with Crippen molar-refractivity contribution in [3.63, 3.8) is 0 Å². The molecule has 0 bridgehead atoms. The lowest BCUT2D eigenvalue weighted by Crippen LogP contribution is -2.09. The fraction of sp³-hybridized carbons (Fsp3) is 0.400. The lowest BCUT2D eigenvalue weighted by molar-refractivity contribution is 0.875. The topological polar surface area (TPSA) is 36.7 Å². The van der Waals surface area contributed by atoms with Crippen LogP contribution in [0.1, 0.15) is 25.0 Å². The van der Waals surface area contributed by atoms with Gasteiger partial charge >= 0.3 is 0 Å². The van der Waals surface area contributed by atoms with E-state index in [-0.39, 0.29) is 5.92 Å². The Bertz CT molecular complexity index is 332. The zero-order valence-corrected chi connectivity index (χ0v) is 8.81. The zero-order chi connectivity index (χ0) is 10.0. The smallest absolute Gasteiger partial charge is 0.129 e. The molecule has 13 heavy (non-hydrogen) atoms. The van der Waals surface area contributed by atoms with Crippen LogP contribution in [-0.2, 0) is 0 Å². The quantitative estimate of drug-likeness (QED) is 0.573. The number of aryl methyl sites for hydroxylation is 1. The monoisotopic (exact) mass is 196 g/mol. The minimum Gasteiger partial charge on any atom is -0.304 e. The minimum absolute atomic E-state index is 0.224. The second-order valence-corrected chi connectivity index (χ2v) is 3.78. The number of pyridine rings is 1. The Labute approximate surface area is 83.5 Å². The summed E-state index contributed by atoms with van der Waals surface area (Å²) in [4.78, 5) is 3.97. The Kier molecular flexibility index (Phi) is 3.04. The van der Waals surface area contributed by atoms with Gasteiger partial charge in [-0.2, -0.15) is 0 Å². The molecule has 1 aromatic rings. The van der Waals surface area contributed by atoms with E-state index in [1.807, 2.05) is 20.8 Å². The molecule has 0 saturated carbocycles. The van der Waals surface area contributed by atoms with Crippen LogP contribution in [0, 0.1) is 18.3 Å². The number of nitrogens with zero attached hydrogens (tertiary/aromatic N) is 1. The fourth-order valence-corrected chi connectivity index (χ4v) is 1.33. The van der Waals surface area contributed by atoms with Crippen LogP contribution in [-0.4, -0.2) is 10.7 Å². The van der Waals surface area contributed by atoms with Gasteiger partial charge in [0.15, 0.2) is 0 Å². The number of hydrogen-bond donors (Lipinski definition) is 1. The van der Waals surface area contributed by atoms with Gasteiger partial charge in [0.25, 0.3) is 0 Å². The highest BCUT2D eigenvalue weighted by atomic mass is 35.5. The molecule has 1 N–H and O–H groups in total. The first-order valence-electron chi connectivity index (χ1n) is 4.23. The van der Waals surface area contributed by atoms with Gasteiger partial charge in [-0.25, -0.2) is 4.98 Å². The second kappa shape index (κ2) is 3.88. The molecule has 0 aliphatic carbocycles. The highest BCUT2D eigenvalue weighted by molar-refractivity contribution is 6.29. The molecule has 0 unspecified atom stereocenters. The standard InChI is InChI=1S/C10H13ClN2/c1-6(2)10(12)8-5-13-9(11)4-7(8)3/h4-6,12H,1-3H3. The van der Waals surface area contributed by atoms with E-state index in [1.165, 1.54) is 0 Å². The molecule has 3 heteroatoms. The maximum atomic E-state index is 7.81. The van der Waals surface area contributed by atoms with Crippen LogP contribution in [0.4, 0.5) is 0 Å². The summed E-state index contributed by atoms with van der Waals surface area (Å²) in [7, 11) is 0. The predicted molar refractivity (Wildman–Crippen MR) is 55.7 cm³/mol. The van der Waals surface area contributed by atoms with E-state index in [0.29, 0.717) is 10.9 Å².